The lowest BCUT2D eigenvalue weighted by Gasteiger charge is -2.06. The molecule has 0 saturated heterocycles. The average Bonchev–Trinajstić information content (AvgIpc) is 2.84. The maximum absolute atomic E-state index is 12.3. The Bertz CT molecular complexity index is 1260. The third-order valence-corrected chi connectivity index (χ3v) is 4.32. The molecule has 2 amide bonds. The first-order valence-electron chi connectivity index (χ1n) is 9.71. The number of para-hydroxylation sites is 1. The van der Waals surface area contributed by atoms with Crippen LogP contribution in [0.1, 0.15) is 15.9 Å². The molecule has 0 fully saturated rings. The first-order valence-corrected chi connectivity index (χ1v) is 9.71. The van der Waals surface area contributed by atoms with Crippen molar-refractivity contribution in [3.8, 4) is 11.5 Å². The molecule has 0 aliphatic carbocycles. The molecule has 3 rings (SSSR count). The molecule has 0 aromatic heterocycles. The van der Waals surface area contributed by atoms with Crippen LogP contribution < -0.4 is 20.2 Å². The van der Waals surface area contributed by atoms with Gasteiger partial charge in [0.25, 0.3) is 5.69 Å². The molecule has 2 N–H and O–H groups in total. The van der Waals surface area contributed by atoms with E-state index in [4.69, 9.17) is 9.47 Å². The van der Waals surface area contributed by atoms with Gasteiger partial charge in [0.1, 0.15) is 17.1 Å². The number of anilines is 1. The van der Waals surface area contributed by atoms with E-state index in [0.717, 1.165) is 0 Å². The van der Waals surface area contributed by atoms with Crippen LogP contribution in [0.15, 0.2) is 77.9 Å². The number of amides is 2. The predicted octanol–water partition coefficient (Wildman–Crippen LogP) is 2.91. The van der Waals surface area contributed by atoms with E-state index in [-0.39, 0.29) is 17.0 Å². The number of hydrogen-bond acceptors (Lipinski definition) is 8. The Balaban J connectivity index is 1.58. The Hall–Kier alpha value is -5.06. The predicted molar refractivity (Wildman–Crippen MR) is 122 cm³/mol. The second-order valence-corrected chi connectivity index (χ2v) is 6.62. The van der Waals surface area contributed by atoms with Gasteiger partial charge in [0, 0.05) is 11.8 Å². The number of nitro groups is 1. The summed E-state index contributed by atoms with van der Waals surface area (Å²) in [6.07, 6.45) is 1.24. The molecule has 0 aliphatic heterocycles. The number of ether oxygens (including phenoxy) is 2. The van der Waals surface area contributed by atoms with Gasteiger partial charge in [-0.3, -0.25) is 19.7 Å². The van der Waals surface area contributed by atoms with Gasteiger partial charge >= 0.3 is 17.8 Å². The number of rotatable bonds is 7. The molecule has 0 radical (unpaired) electrons. The van der Waals surface area contributed by atoms with Gasteiger partial charge in [-0.25, -0.2) is 10.2 Å². The molecule has 3 aromatic carbocycles. The molecule has 11 nitrogen and oxygen atoms in total. The highest BCUT2D eigenvalue weighted by molar-refractivity contribution is 6.39. The molecule has 0 unspecified atom stereocenters. The monoisotopic (exact) mass is 462 g/mol. The maximum atomic E-state index is 12.3. The molecule has 3 aromatic rings. The van der Waals surface area contributed by atoms with E-state index in [9.17, 15) is 24.5 Å². The minimum atomic E-state index is -0.994. The molecular weight excluding hydrogens is 444 g/mol. The highest BCUT2D eigenvalue weighted by atomic mass is 16.6. The number of nitrogens with zero attached hydrogens (tertiary/aromatic N) is 2. The van der Waals surface area contributed by atoms with Crippen molar-refractivity contribution >= 4 is 35.4 Å². The van der Waals surface area contributed by atoms with Crippen molar-refractivity contribution < 1.29 is 28.8 Å². The first kappa shape index (κ1) is 23.6. The summed E-state index contributed by atoms with van der Waals surface area (Å²) in [5, 5.41) is 17.2. The number of methoxy groups -OCH3 is 1. The summed E-state index contributed by atoms with van der Waals surface area (Å²) in [5.74, 6) is -2.11. The minimum Gasteiger partial charge on any atom is -0.497 e. The van der Waals surface area contributed by atoms with Gasteiger partial charge in [0.15, 0.2) is 0 Å². The van der Waals surface area contributed by atoms with Crippen molar-refractivity contribution in [2.75, 3.05) is 12.4 Å². The van der Waals surface area contributed by atoms with Crippen LogP contribution >= 0.6 is 0 Å². The van der Waals surface area contributed by atoms with Crippen LogP contribution in [0.5, 0.6) is 11.5 Å². The summed E-state index contributed by atoms with van der Waals surface area (Å²) in [7, 11) is 1.51. The summed E-state index contributed by atoms with van der Waals surface area (Å²) in [6, 6.07) is 17.9. The molecule has 0 spiro atoms. The molecular formula is C23H18N4O7. The summed E-state index contributed by atoms with van der Waals surface area (Å²) in [4.78, 5) is 46.7. The van der Waals surface area contributed by atoms with Crippen molar-refractivity contribution in [2.24, 2.45) is 5.10 Å². The van der Waals surface area contributed by atoms with E-state index in [0.29, 0.717) is 17.0 Å². The van der Waals surface area contributed by atoms with E-state index in [1.54, 1.807) is 36.4 Å². The molecule has 0 bridgehead atoms. The fourth-order valence-corrected chi connectivity index (χ4v) is 2.70. The SMILES string of the molecule is COc1ccc(NC(=O)C(=O)N/N=C/c2cccc(OC(=O)c3ccccc3[N+](=O)[O-])c2)cc1. The van der Waals surface area contributed by atoms with Gasteiger partial charge in [0.2, 0.25) is 0 Å². The quantitative estimate of drug-likeness (QED) is 0.137. The van der Waals surface area contributed by atoms with Crippen LogP contribution in [0.4, 0.5) is 11.4 Å². The van der Waals surface area contributed by atoms with Gasteiger partial charge < -0.3 is 14.8 Å². The highest BCUT2D eigenvalue weighted by Crippen LogP contribution is 2.21. The molecule has 172 valence electrons. The Morgan fingerprint density at radius 2 is 1.68 bits per heavy atom. The van der Waals surface area contributed by atoms with Crippen molar-refractivity contribution in [3.63, 3.8) is 0 Å². The Labute approximate surface area is 193 Å². The molecule has 0 aliphatic rings. The van der Waals surface area contributed by atoms with Crippen molar-refractivity contribution in [1.82, 2.24) is 5.43 Å². The summed E-state index contributed by atoms with van der Waals surface area (Å²) in [5.41, 5.74) is 2.36. The van der Waals surface area contributed by atoms with Gasteiger partial charge in [-0.2, -0.15) is 5.10 Å². The fraction of sp³-hybridized carbons (Fsp3) is 0.0435. The van der Waals surface area contributed by atoms with Crippen LogP contribution in [0.3, 0.4) is 0 Å². The number of nitrogens with one attached hydrogen (secondary N) is 2. The molecule has 0 saturated carbocycles. The molecule has 11 heteroatoms. The largest absolute Gasteiger partial charge is 0.497 e. The molecule has 0 heterocycles. The van der Waals surface area contributed by atoms with E-state index in [1.165, 1.54) is 49.7 Å². The lowest BCUT2D eigenvalue weighted by Crippen LogP contribution is -2.32. The third-order valence-electron chi connectivity index (χ3n) is 4.32. The van der Waals surface area contributed by atoms with E-state index < -0.39 is 22.7 Å². The van der Waals surface area contributed by atoms with Gasteiger partial charge in [-0.05, 0) is 48.0 Å². The van der Waals surface area contributed by atoms with Crippen LogP contribution in [0, 0.1) is 10.1 Å². The van der Waals surface area contributed by atoms with E-state index >= 15 is 0 Å². The third kappa shape index (κ3) is 6.23. The summed E-state index contributed by atoms with van der Waals surface area (Å²) < 4.78 is 10.2. The number of benzene rings is 3. The lowest BCUT2D eigenvalue weighted by molar-refractivity contribution is -0.385. The number of carbonyl (C=O) groups is 3. The maximum Gasteiger partial charge on any atom is 0.350 e. The zero-order valence-corrected chi connectivity index (χ0v) is 17.8. The minimum absolute atomic E-state index is 0.107. The van der Waals surface area contributed by atoms with Crippen molar-refractivity contribution in [3.05, 3.63) is 94.0 Å². The second kappa shape index (κ2) is 11.0. The standard InChI is InChI=1S/C23H18N4O7/c1-33-17-11-9-16(10-12-17)25-21(28)22(29)26-24-14-15-5-4-6-18(13-15)34-23(30)19-7-2-3-8-20(19)27(31)32/h2-14H,1H3,(H,25,28)(H,26,29)/b24-14+. The Morgan fingerprint density at radius 3 is 2.38 bits per heavy atom. The topological polar surface area (TPSA) is 149 Å². The van der Waals surface area contributed by atoms with Crippen LogP contribution in [-0.4, -0.2) is 36.0 Å². The first-order chi connectivity index (χ1) is 16.4. The number of carbonyl (C=O) groups excluding carboxylic acids is 3. The zero-order chi connectivity index (χ0) is 24.5. The van der Waals surface area contributed by atoms with Crippen LogP contribution in [0.2, 0.25) is 0 Å². The number of hydrogen-bond donors (Lipinski definition) is 2. The normalized spacial score (nSPS) is 10.4. The smallest absolute Gasteiger partial charge is 0.350 e. The van der Waals surface area contributed by atoms with Gasteiger partial charge in [-0.1, -0.05) is 24.3 Å². The van der Waals surface area contributed by atoms with E-state index in [1.807, 2.05) is 0 Å². The van der Waals surface area contributed by atoms with Crippen molar-refractivity contribution in [2.45, 2.75) is 0 Å². The average molecular weight is 462 g/mol. The van der Waals surface area contributed by atoms with Crippen LogP contribution in [-0.2, 0) is 9.59 Å². The Morgan fingerprint density at radius 1 is 0.941 bits per heavy atom. The van der Waals surface area contributed by atoms with Crippen molar-refractivity contribution in [1.29, 1.82) is 0 Å². The fourth-order valence-electron chi connectivity index (χ4n) is 2.70. The van der Waals surface area contributed by atoms with Gasteiger partial charge in [0.05, 0.1) is 18.2 Å². The second-order valence-electron chi connectivity index (χ2n) is 6.62. The number of nitro benzene ring substituents is 1. The Kier molecular flexibility index (Phi) is 7.63. The highest BCUT2D eigenvalue weighted by Gasteiger charge is 2.21. The van der Waals surface area contributed by atoms with Gasteiger partial charge in [-0.15, -0.1) is 0 Å². The number of esters is 1. The number of hydrazone groups is 1. The summed E-state index contributed by atoms with van der Waals surface area (Å²) >= 11 is 0. The zero-order valence-electron chi connectivity index (χ0n) is 17.8. The van der Waals surface area contributed by atoms with E-state index in [2.05, 4.69) is 15.8 Å². The molecule has 0 atom stereocenters. The lowest BCUT2D eigenvalue weighted by atomic mass is 10.2. The van der Waals surface area contributed by atoms with Crippen LogP contribution in [0.25, 0.3) is 0 Å². The summed E-state index contributed by atoms with van der Waals surface area (Å²) in [6.45, 7) is 0. The molecule has 34 heavy (non-hydrogen) atoms.